The number of rotatable bonds is 2. The molecule has 2 saturated heterocycles. The highest BCUT2D eigenvalue weighted by atomic mass is 16.3. The van der Waals surface area contributed by atoms with Gasteiger partial charge in [-0.25, -0.2) is 0 Å². The Bertz CT molecular complexity index is 190. The molecule has 3 heteroatoms. The average Bonchev–Trinajstić information content (AvgIpc) is 2.28. The predicted molar refractivity (Wildman–Crippen MR) is 55.1 cm³/mol. The van der Waals surface area contributed by atoms with Crippen molar-refractivity contribution >= 4 is 0 Å². The number of hydrogen-bond acceptors (Lipinski definition) is 3. The molecule has 1 atom stereocenters. The van der Waals surface area contributed by atoms with Gasteiger partial charge >= 0.3 is 0 Å². The molecule has 1 unspecified atom stereocenters. The van der Waals surface area contributed by atoms with Crippen LogP contribution in [-0.2, 0) is 0 Å². The summed E-state index contributed by atoms with van der Waals surface area (Å²) in [6.07, 6.45) is 7.15. The Labute approximate surface area is 85.7 Å². The molecule has 2 aliphatic rings. The fraction of sp³-hybridized carbons (Fsp3) is 1.00. The van der Waals surface area contributed by atoms with Crippen LogP contribution in [0.4, 0.5) is 0 Å². The minimum Gasteiger partial charge on any atom is -0.394 e. The maximum atomic E-state index is 9.48. The number of aliphatic hydroxyl groups excluding tert-OH is 2. The molecule has 0 spiro atoms. The molecule has 2 heterocycles. The van der Waals surface area contributed by atoms with E-state index >= 15 is 0 Å². The van der Waals surface area contributed by atoms with Crippen molar-refractivity contribution in [3.63, 3.8) is 0 Å². The van der Waals surface area contributed by atoms with Gasteiger partial charge in [-0.2, -0.15) is 0 Å². The summed E-state index contributed by atoms with van der Waals surface area (Å²) in [4.78, 5) is 2.38. The number of hydrogen-bond donors (Lipinski definition) is 2. The van der Waals surface area contributed by atoms with Gasteiger partial charge in [0.05, 0.1) is 18.8 Å². The third-order valence-electron chi connectivity index (χ3n) is 4.00. The Morgan fingerprint density at radius 2 is 1.79 bits per heavy atom. The van der Waals surface area contributed by atoms with E-state index in [4.69, 9.17) is 0 Å². The third kappa shape index (κ3) is 1.58. The summed E-state index contributed by atoms with van der Waals surface area (Å²) in [5.41, 5.74) is -0.302. The van der Waals surface area contributed by atoms with E-state index in [0.717, 1.165) is 19.4 Å². The van der Waals surface area contributed by atoms with E-state index in [0.29, 0.717) is 6.04 Å². The molecule has 0 bridgehead atoms. The first kappa shape index (κ1) is 10.4. The lowest BCUT2D eigenvalue weighted by Gasteiger charge is -2.52. The van der Waals surface area contributed by atoms with Crippen LogP contribution in [0.5, 0.6) is 0 Å². The van der Waals surface area contributed by atoms with Crippen molar-refractivity contribution in [2.45, 2.75) is 50.1 Å². The molecule has 0 aromatic heterocycles. The summed E-state index contributed by atoms with van der Waals surface area (Å²) in [6.45, 7) is 1.28. The van der Waals surface area contributed by atoms with Gasteiger partial charge in [0.1, 0.15) is 0 Å². The van der Waals surface area contributed by atoms with Gasteiger partial charge in [0, 0.05) is 6.04 Å². The fourth-order valence-electron chi connectivity index (χ4n) is 3.13. The van der Waals surface area contributed by atoms with Gasteiger partial charge in [0.2, 0.25) is 0 Å². The molecule has 2 aliphatic heterocycles. The lowest BCUT2D eigenvalue weighted by atomic mass is 9.80. The molecule has 82 valence electrons. The molecule has 0 radical (unpaired) electrons. The van der Waals surface area contributed by atoms with Crippen LogP contribution in [-0.4, -0.2) is 46.5 Å². The first-order valence-corrected chi connectivity index (χ1v) is 5.81. The summed E-state index contributed by atoms with van der Waals surface area (Å²) in [5, 5.41) is 19.0. The smallest absolute Gasteiger partial charge is 0.0675 e. The fourth-order valence-corrected chi connectivity index (χ4v) is 3.13. The monoisotopic (exact) mass is 199 g/mol. The maximum Gasteiger partial charge on any atom is 0.0675 e. The number of piperidine rings is 2. The van der Waals surface area contributed by atoms with Crippen LogP contribution in [0.25, 0.3) is 0 Å². The first-order chi connectivity index (χ1) is 6.82. The van der Waals surface area contributed by atoms with E-state index in [1.807, 2.05) is 0 Å². The van der Waals surface area contributed by atoms with Crippen molar-refractivity contribution in [2.75, 3.05) is 19.8 Å². The molecule has 0 aliphatic carbocycles. The van der Waals surface area contributed by atoms with Gasteiger partial charge in [-0.05, 0) is 38.6 Å². The van der Waals surface area contributed by atoms with Crippen molar-refractivity contribution in [1.82, 2.24) is 4.90 Å². The normalized spacial score (nSPS) is 32.6. The summed E-state index contributed by atoms with van der Waals surface area (Å²) >= 11 is 0. The Kier molecular flexibility index (Phi) is 3.10. The van der Waals surface area contributed by atoms with Crippen molar-refractivity contribution in [3.8, 4) is 0 Å². The quantitative estimate of drug-likeness (QED) is 0.689. The summed E-state index contributed by atoms with van der Waals surface area (Å²) < 4.78 is 0. The molecule has 0 aromatic carbocycles. The average molecular weight is 199 g/mol. The number of aliphatic hydroxyl groups is 2. The highest BCUT2D eigenvalue weighted by Gasteiger charge is 2.43. The standard InChI is InChI=1S/C11H21NO2/c13-8-11(9-14)6-3-5-10-4-1-2-7-12(10)11/h10,13-14H,1-9H2. The maximum absolute atomic E-state index is 9.48. The Morgan fingerprint density at radius 1 is 1.07 bits per heavy atom. The molecule has 2 rings (SSSR count). The zero-order chi connectivity index (χ0) is 10.0. The largest absolute Gasteiger partial charge is 0.394 e. The van der Waals surface area contributed by atoms with E-state index in [1.165, 1.54) is 25.7 Å². The van der Waals surface area contributed by atoms with Crippen molar-refractivity contribution in [3.05, 3.63) is 0 Å². The number of fused-ring (bicyclic) bond motifs is 1. The van der Waals surface area contributed by atoms with Crippen molar-refractivity contribution in [2.24, 2.45) is 0 Å². The second-order valence-electron chi connectivity index (χ2n) is 4.78. The predicted octanol–water partition coefficient (Wildman–Crippen LogP) is 0.748. The molecular weight excluding hydrogens is 178 g/mol. The third-order valence-corrected chi connectivity index (χ3v) is 4.00. The lowest BCUT2D eigenvalue weighted by molar-refractivity contribution is -0.0801. The Morgan fingerprint density at radius 3 is 2.50 bits per heavy atom. The van der Waals surface area contributed by atoms with Gasteiger partial charge in [-0.1, -0.05) is 6.42 Å². The van der Waals surface area contributed by atoms with E-state index in [-0.39, 0.29) is 18.8 Å². The van der Waals surface area contributed by atoms with Gasteiger partial charge in [-0.15, -0.1) is 0 Å². The zero-order valence-corrected chi connectivity index (χ0v) is 8.78. The van der Waals surface area contributed by atoms with Gasteiger partial charge in [0.25, 0.3) is 0 Å². The minimum absolute atomic E-state index is 0.111. The lowest BCUT2D eigenvalue weighted by Crippen LogP contribution is -2.62. The second kappa shape index (κ2) is 4.17. The highest BCUT2D eigenvalue weighted by molar-refractivity contribution is 4.98. The van der Waals surface area contributed by atoms with Gasteiger partial charge in [-0.3, -0.25) is 4.90 Å². The second-order valence-corrected chi connectivity index (χ2v) is 4.78. The van der Waals surface area contributed by atoms with Crippen LogP contribution in [0.2, 0.25) is 0 Å². The SMILES string of the molecule is OCC1(CO)CCCC2CCCCN21. The van der Waals surface area contributed by atoms with Gasteiger partial charge < -0.3 is 10.2 Å². The Balaban J connectivity index is 2.14. The van der Waals surface area contributed by atoms with Crippen LogP contribution in [0.1, 0.15) is 38.5 Å². The van der Waals surface area contributed by atoms with Crippen LogP contribution in [0.15, 0.2) is 0 Å². The molecule has 0 amide bonds. The van der Waals surface area contributed by atoms with E-state index in [2.05, 4.69) is 4.90 Å². The van der Waals surface area contributed by atoms with E-state index in [9.17, 15) is 10.2 Å². The van der Waals surface area contributed by atoms with Crippen LogP contribution < -0.4 is 0 Å². The Hall–Kier alpha value is -0.120. The molecule has 2 fully saturated rings. The summed E-state index contributed by atoms with van der Waals surface area (Å²) in [6, 6.07) is 0.622. The molecular formula is C11H21NO2. The molecule has 0 saturated carbocycles. The van der Waals surface area contributed by atoms with E-state index in [1.54, 1.807) is 0 Å². The minimum atomic E-state index is -0.302. The van der Waals surface area contributed by atoms with Crippen LogP contribution >= 0.6 is 0 Å². The van der Waals surface area contributed by atoms with E-state index < -0.39 is 0 Å². The van der Waals surface area contributed by atoms with Crippen molar-refractivity contribution < 1.29 is 10.2 Å². The topological polar surface area (TPSA) is 43.7 Å². The molecule has 0 aromatic rings. The molecule has 3 nitrogen and oxygen atoms in total. The summed E-state index contributed by atoms with van der Waals surface area (Å²) in [7, 11) is 0. The first-order valence-electron chi connectivity index (χ1n) is 5.81. The summed E-state index contributed by atoms with van der Waals surface area (Å²) in [5.74, 6) is 0. The zero-order valence-electron chi connectivity index (χ0n) is 8.78. The van der Waals surface area contributed by atoms with Gasteiger partial charge in [0.15, 0.2) is 0 Å². The highest BCUT2D eigenvalue weighted by Crippen LogP contribution is 2.36. The molecule has 14 heavy (non-hydrogen) atoms. The number of nitrogens with zero attached hydrogens (tertiary/aromatic N) is 1. The van der Waals surface area contributed by atoms with Crippen LogP contribution in [0, 0.1) is 0 Å². The van der Waals surface area contributed by atoms with Crippen molar-refractivity contribution in [1.29, 1.82) is 0 Å². The van der Waals surface area contributed by atoms with Crippen LogP contribution in [0.3, 0.4) is 0 Å². The molecule has 2 N–H and O–H groups in total.